The molecule has 0 saturated carbocycles. The number of carbonyl (C=O) groups is 1. The summed E-state index contributed by atoms with van der Waals surface area (Å²) in [7, 11) is 0. The summed E-state index contributed by atoms with van der Waals surface area (Å²) in [5.41, 5.74) is 0.790. The average molecular weight is 362 g/mol. The molecule has 7 heteroatoms. The minimum absolute atomic E-state index is 0.135. The maximum Gasteiger partial charge on any atom is 0.233 e. The summed E-state index contributed by atoms with van der Waals surface area (Å²) in [6.07, 6.45) is 3.30. The van der Waals surface area contributed by atoms with Gasteiger partial charge in [0.15, 0.2) is 5.16 Å². The van der Waals surface area contributed by atoms with Crippen LogP contribution in [0.25, 0.3) is 5.69 Å². The van der Waals surface area contributed by atoms with Crippen LogP contribution < -0.4 is 0 Å². The summed E-state index contributed by atoms with van der Waals surface area (Å²) in [5.74, 6) is 0.887. The van der Waals surface area contributed by atoms with Gasteiger partial charge in [-0.2, -0.15) is 0 Å². The van der Waals surface area contributed by atoms with Crippen molar-refractivity contribution < 1.29 is 9.18 Å². The molecule has 1 fully saturated rings. The van der Waals surface area contributed by atoms with E-state index in [1.165, 1.54) is 30.3 Å². The minimum Gasteiger partial charge on any atom is -0.337 e. The fraction of sp³-hybridized carbons (Fsp3) is 0.500. The SMILES string of the molecule is Cc1nnc(SCC(=O)N2[C@H](C)CCC[C@H]2C)n1-c1ccc(F)cc1. The highest BCUT2D eigenvalue weighted by Crippen LogP contribution is 2.26. The number of nitrogens with zero attached hydrogens (tertiary/aromatic N) is 4. The molecule has 5 nitrogen and oxygen atoms in total. The Morgan fingerprint density at radius 1 is 1.20 bits per heavy atom. The number of piperidine rings is 1. The minimum atomic E-state index is -0.285. The second-order valence-electron chi connectivity index (χ2n) is 6.56. The highest BCUT2D eigenvalue weighted by Gasteiger charge is 2.29. The quantitative estimate of drug-likeness (QED) is 0.780. The van der Waals surface area contributed by atoms with Gasteiger partial charge in [0.05, 0.1) is 5.75 Å². The summed E-state index contributed by atoms with van der Waals surface area (Å²) >= 11 is 1.38. The number of aryl methyl sites for hydroxylation is 1. The number of likely N-dealkylation sites (tertiary alicyclic amines) is 1. The summed E-state index contributed by atoms with van der Waals surface area (Å²) < 4.78 is 15.0. The van der Waals surface area contributed by atoms with Crippen LogP contribution in [0.1, 0.15) is 38.9 Å². The highest BCUT2D eigenvalue weighted by molar-refractivity contribution is 7.99. The lowest BCUT2D eigenvalue weighted by Crippen LogP contribution is -2.48. The molecule has 1 saturated heterocycles. The van der Waals surface area contributed by atoms with Crippen LogP contribution in [0.4, 0.5) is 4.39 Å². The van der Waals surface area contributed by atoms with E-state index in [1.807, 2.05) is 16.4 Å². The molecule has 1 aliphatic rings. The molecule has 2 atom stereocenters. The average Bonchev–Trinajstić information content (AvgIpc) is 2.94. The van der Waals surface area contributed by atoms with Gasteiger partial charge in [0, 0.05) is 17.8 Å². The van der Waals surface area contributed by atoms with Gasteiger partial charge in [-0.3, -0.25) is 9.36 Å². The van der Waals surface area contributed by atoms with Crippen molar-refractivity contribution in [1.82, 2.24) is 19.7 Å². The van der Waals surface area contributed by atoms with E-state index in [0.717, 1.165) is 18.5 Å². The largest absolute Gasteiger partial charge is 0.337 e. The number of hydrogen-bond donors (Lipinski definition) is 0. The van der Waals surface area contributed by atoms with Crippen LogP contribution in [0.5, 0.6) is 0 Å². The lowest BCUT2D eigenvalue weighted by molar-refractivity contribution is -0.134. The summed E-state index contributed by atoms with van der Waals surface area (Å²) in [6, 6.07) is 6.76. The zero-order valence-corrected chi connectivity index (χ0v) is 15.6. The van der Waals surface area contributed by atoms with E-state index in [1.54, 1.807) is 12.1 Å². The van der Waals surface area contributed by atoms with Crippen molar-refractivity contribution in [2.75, 3.05) is 5.75 Å². The van der Waals surface area contributed by atoms with Gasteiger partial charge in [0.2, 0.25) is 5.91 Å². The third kappa shape index (κ3) is 3.86. The van der Waals surface area contributed by atoms with Gasteiger partial charge < -0.3 is 4.90 Å². The first kappa shape index (κ1) is 17.9. The zero-order valence-electron chi connectivity index (χ0n) is 14.8. The van der Waals surface area contributed by atoms with E-state index in [4.69, 9.17) is 0 Å². The molecular formula is C18H23FN4OS. The maximum atomic E-state index is 13.2. The van der Waals surface area contributed by atoms with E-state index < -0.39 is 0 Å². The highest BCUT2D eigenvalue weighted by atomic mass is 32.2. The molecule has 1 aliphatic heterocycles. The lowest BCUT2D eigenvalue weighted by Gasteiger charge is -2.39. The van der Waals surface area contributed by atoms with Gasteiger partial charge in [0.1, 0.15) is 11.6 Å². The summed E-state index contributed by atoms with van der Waals surface area (Å²) in [5, 5.41) is 8.94. The molecule has 0 unspecified atom stereocenters. The summed E-state index contributed by atoms with van der Waals surface area (Å²) in [4.78, 5) is 14.7. The molecule has 0 radical (unpaired) electrons. The number of aromatic nitrogens is 3. The molecule has 2 heterocycles. The van der Waals surface area contributed by atoms with Crippen molar-refractivity contribution in [1.29, 1.82) is 0 Å². The van der Waals surface area contributed by atoms with Gasteiger partial charge in [-0.1, -0.05) is 11.8 Å². The number of hydrogen-bond acceptors (Lipinski definition) is 4. The number of carbonyl (C=O) groups excluding carboxylic acids is 1. The maximum absolute atomic E-state index is 13.2. The molecule has 0 bridgehead atoms. The Bertz CT molecular complexity index is 736. The first-order valence-corrected chi connectivity index (χ1v) is 9.58. The van der Waals surface area contributed by atoms with Crippen LogP contribution in [0.2, 0.25) is 0 Å². The smallest absolute Gasteiger partial charge is 0.233 e. The van der Waals surface area contributed by atoms with Crippen molar-refractivity contribution in [2.45, 2.75) is 57.3 Å². The first-order valence-electron chi connectivity index (χ1n) is 8.59. The Morgan fingerprint density at radius 2 is 1.84 bits per heavy atom. The van der Waals surface area contributed by atoms with Crippen LogP contribution in [0.3, 0.4) is 0 Å². The van der Waals surface area contributed by atoms with Crippen molar-refractivity contribution >= 4 is 17.7 Å². The van der Waals surface area contributed by atoms with Crippen molar-refractivity contribution in [2.24, 2.45) is 0 Å². The molecule has 1 aromatic carbocycles. The standard InChI is InChI=1S/C18H23FN4OS/c1-12-5-4-6-13(2)22(12)17(24)11-25-18-21-20-14(3)23(18)16-9-7-15(19)8-10-16/h7-10,12-13H,4-6,11H2,1-3H3/t12-,13-/m1/s1. The number of amides is 1. The molecule has 0 spiro atoms. The van der Waals surface area contributed by atoms with E-state index in [9.17, 15) is 9.18 Å². The number of thioether (sulfide) groups is 1. The van der Waals surface area contributed by atoms with Crippen LogP contribution >= 0.6 is 11.8 Å². The zero-order chi connectivity index (χ0) is 18.0. The first-order chi connectivity index (χ1) is 12.0. The van der Waals surface area contributed by atoms with Gasteiger partial charge in [-0.05, 0) is 64.3 Å². The van der Waals surface area contributed by atoms with Gasteiger partial charge in [-0.25, -0.2) is 4.39 Å². The predicted octanol–water partition coefficient (Wildman–Crippen LogP) is 3.60. The Balaban J connectivity index is 1.74. The Morgan fingerprint density at radius 3 is 2.48 bits per heavy atom. The third-order valence-electron chi connectivity index (χ3n) is 4.69. The molecule has 3 rings (SSSR count). The molecule has 25 heavy (non-hydrogen) atoms. The van der Waals surface area contributed by atoms with Gasteiger partial charge in [-0.15, -0.1) is 10.2 Å². The summed E-state index contributed by atoms with van der Waals surface area (Å²) in [6.45, 7) is 6.07. The second kappa shape index (κ2) is 7.56. The molecule has 0 N–H and O–H groups in total. The Labute approximate surface area is 151 Å². The fourth-order valence-electron chi connectivity index (χ4n) is 3.44. The third-order valence-corrected chi connectivity index (χ3v) is 5.60. The van der Waals surface area contributed by atoms with E-state index in [0.29, 0.717) is 16.7 Å². The molecule has 1 aromatic heterocycles. The van der Waals surface area contributed by atoms with Gasteiger partial charge in [0.25, 0.3) is 0 Å². The van der Waals surface area contributed by atoms with Crippen LogP contribution in [-0.2, 0) is 4.79 Å². The Hall–Kier alpha value is -1.89. The van der Waals surface area contributed by atoms with Crippen LogP contribution in [0.15, 0.2) is 29.4 Å². The van der Waals surface area contributed by atoms with Crippen molar-refractivity contribution in [3.63, 3.8) is 0 Å². The number of halogens is 1. The Kier molecular flexibility index (Phi) is 5.42. The second-order valence-corrected chi connectivity index (χ2v) is 7.50. The lowest BCUT2D eigenvalue weighted by atomic mass is 9.98. The molecular weight excluding hydrogens is 339 g/mol. The van der Waals surface area contributed by atoms with E-state index >= 15 is 0 Å². The topological polar surface area (TPSA) is 51.0 Å². The normalized spacial score (nSPS) is 20.7. The fourth-order valence-corrected chi connectivity index (χ4v) is 4.30. The van der Waals surface area contributed by atoms with Crippen LogP contribution in [-0.4, -0.2) is 43.4 Å². The predicted molar refractivity (Wildman–Crippen MR) is 96.4 cm³/mol. The van der Waals surface area contributed by atoms with Crippen molar-refractivity contribution in [3.8, 4) is 5.69 Å². The van der Waals surface area contributed by atoms with Crippen LogP contribution in [0, 0.1) is 12.7 Å². The number of benzene rings is 1. The van der Waals surface area contributed by atoms with Crippen molar-refractivity contribution in [3.05, 3.63) is 35.9 Å². The van der Waals surface area contributed by atoms with Gasteiger partial charge >= 0.3 is 0 Å². The molecule has 2 aromatic rings. The molecule has 1 amide bonds. The molecule has 134 valence electrons. The monoisotopic (exact) mass is 362 g/mol. The van der Waals surface area contributed by atoms with E-state index in [-0.39, 0.29) is 23.8 Å². The van der Waals surface area contributed by atoms with E-state index in [2.05, 4.69) is 24.0 Å². The number of rotatable bonds is 4. The molecule has 0 aliphatic carbocycles.